The van der Waals surface area contributed by atoms with Gasteiger partial charge in [0, 0.05) is 17.7 Å². The standard InChI is InChI=1S/C16H22N2O2/c1-12(2)20-10-9-18-16(19)15-7-6-14(5-4-8-17)13(3)11-15/h6-7,11-12H,8-10,17H2,1-3H3,(H,18,19). The quantitative estimate of drug-likeness (QED) is 0.631. The maximum absolute atomic E-state index is 11.9. The Morgan fingerprint density at radius 3 is 2.80 bits per heavy atom. The van der Waals surface area contributed by atoms with Gasteiger partial charge in [-0.05, 0) is 44.5 Å². The first-order chi connectivity index (χ1) is 9.54. The van der Waals surface area contributed by atoms with Crippen molar-refractivity contribution in [3.05, 3.63) is 34.9 Å². The third-order valence-corrected chi connectivity index (χ3v) is 2.65. The van der Waals surface area contributed by atoms with Crippen LogP contribution in [-0.2, 0) is 4.74 Å². The van der Waals surface area contributed by atoms with Crippen LogP contribution in [0.4, 0.5) is 0 Å². The SMILES string of the molecule is Cc1cc(C(=O)NCCOC(C)C)ccc1C#CCN. The summed E-state index contributed by atoms with van der Waals surface area (Å²) in [6, 6.07) is 5.45. The first kappa shape index (κ1) is 16.2. The van der Waals surface area contributed by atoms with E-state index in [1.54, 1.807) is 6.07 Å². The molecular formula is C16H22N2O2. The van der Waals surface area contributed by atoms with Crippen LogP contribution in [0.5, 0.6) is 0 Å². The number of rotatable bonds is 5. The number of benzene rings is 1. The highest BCUT2D eigenvalue weighted by molar-refractivity contribution is 5.94. The Morgan fingerprint density at radius 1 is 1.45 bits per heavy atom. The van der Waals surface area contributed by atoms with E-state index in [0.29, 0.717) is 25.3 Å². The van der Waals surface area contributed by atoms with Crippen LogP contribution >= 0.6 is 0 Å². The summed E-state index contributed by atoms with van der Waals surface area (Å²) in [4.78, 5) is 11.9. The molecule has 0 unspecified atom stereocenters. The van der Waals surface area contributed by atoms with E-state index in [4.69, 9.17) is 10.5 Å². The van der Waals surface area contributed by atoms with Gasteiger partial charge in [-0.1, -0.05) is 11.8 Å². The number of hydrogen-bond donors (Lipinski definition) is 2. The number of carbonyl (C=O) groups excluding carboxylic acids is 1. The van der Waals surface area contributed by atoms with Gasteiger partial charge in [0.1, 0.15) is 0 Å². The molecule has 1 aromatic carbocycles. The number of nitrogens with two attached hydrogens (primary N) is 1. The zero-order chi connectivity index (χ0) is 15.0. The second kappa shape index (κ2) is 8.36. The average molecular weight is 274 g/mol. The maximum Gasteiger partial charge on any atom is 0.251 e. The molecule has 1 rings (SSSR count). The number of ether oxygens (including phenoxy) is 1. The third kappa shape index (κ3) is 5.43. The lowest BCUT2D eigenvalue weighted by Crippen LogP contribution is -2.28. The second-order valence-electron chi connectivity index (χ2n) is 4.71. The predicted molar refractivity (Wildman–Crippen MR) is 80.5 cm³/mol. The molecule has 0 spiro atoms. The molecule has 0 aliphatic carbocycles. The molecule has 0 bridgehead atoms. The highest BCUT2D eigenvalue weighted by atomic mass is 16.5. The first-order valence-corrected chi connectivity index (χ1v) is 6.74. The van der Waals surface area contributed by atoms with Crippen LogP contribution in [0.3, 0.4) is 0 Å². The summed E-state index contributed by atoms with van der Waals surface area (Å²) in [7, 11) is 0. The van der Waals surface area contributed by atoms with Crippen molar-refractivity contribution in [3.8, 4) is 11.8 Å². The molecule has 0 aliphatic rings. The molecule has 0 atom stereocenters. The number of nitrogens with one attached hydrogen (secondary N) is 1. The molecule has 1 amide bonds. The third-order valence-electron chi connectivity index (χ3n) is 2.65. The lowest BCUT2D eigenvalue weighted by molar-refractivity contribution is 0.0746. The Kier molecular flexibility index (Phi) is 6.78. The first-order valence-electron chi connectivity index (χ1n) is 6.74. The van der Waals surface area contributed by atoms with Crippen molar-refractivity contribution in [3.63, 3.8) is 0 Å². The molecule has 4 nitrogen and oxygen atoms in total. The number of aryl methyl sites for hydroxylation is 1. The van der Waals surface area contributed by atoms with Crippen molar-refractivity contribution in [1.82, 2.24) is 5.32 Å². The van der Waals surface area contributed by atoms with E-state index in [-0.39, 0.29) is 12.0 Å². The van der Waals surface area contributed by atoms with Crippen molar-refractivity contribution in [2.75, 3.05) is 19.7 Å². The highest BCUT2D eigenvalue weighted by Crippen LogP contribution is 2.10. The lowest BCUT2D eigenvalue weighted by Gasteiger charge is -2.09. The monoisotopic (exact) mass is 274 g/mol. The average Bonchev–Trinajstić information content (AvgIpc) is 2.41. The Labute approximate surface area is 120 Å². The number of hydrogen-bond acceptors (Lipinski definition) is 3. The van der Waals surface area contributed by atoms with E-state index in [2.05, 4.69) is 17.2 Å². The van der Waals surface area contributed by atoms with Crippen LogP contribution in [0.25, 0.3) is 0 Å². The van der Waals surface area contributed by atoms with Crippen molar-refractivity contribution in [1.29, 1.82) is 0 Å². The fourth-order valence-corrected chi connectivity index (χ4v) is 1.65. The van der Waals surface area contributed by atoms with E-state index < -0.39 is 0 Å². The highest BCUT2D eigenvalue weighted by Gasteiger charge is 2.06. The van der Waals surface area contributed by atoms with Gasteiger partial charge in [-0.2, -0.15) is 0 Å². The van der Waals surface area contributed by atoms with E-state index in [1.807, 2.05) is 32.9 Å². The molecule has 3 N–H and O–H groups in total. The van der Waals surface area contributed by atoms with Gasteiger partial charge in [-0.3, -0.25) is 4.79 Å². The van der Waals surface area contributed by atoms with Crippen molar-refractivity contribution < 1.29 is 9.53 Å². The van der Waals surface area contributed by atoms with Gasteiger partial charge in [0.05, 0.1) is 19.3 Å². The Balaban J connectivity index is 2.59. The fraction of sp³-hybridized carbons (Fsp3) is 0.438. The molecule has 0 aliphatic heterocycles. The summed E-state index contributed by atoms with van der Waals surface area (Å²) in [5.74, 6) is 5.69. The molecule has 0 saturated heterocycles. The van der Waals surface area contributed by atoms with Gasteiger partial charge in [0.15, 0.2) is 0 Å². The van der Waals surface area contributed by atoms with Crippen LogP contribution in [0.2, 0.25) is 0 Å². The molecule has 20 heavy (non-hydrogen) atoms. The normalized spacial score (nSPS) is 10.1. The van der Waals surface area contributed by atoms with E-state index in [1.165, 1.54) is 0 Å². The molecule has 108 valence electrons. The Morgan fingerprint density at radius 2 is 2.20 bits per heavy atom. The summed E-state index contributed by atoms with van der Waals surface area (Å²) >= 11 is 0. The molecule has 0 heterocycles. The molecule has 0 radical (unpaired) electrons. The van der Waals surface area contributed by atoms with Crippen molar-refractivity contribution in [2.45, 2.75) is 26.9 Å². The molecule has 0 saturated carbocycles. The number of carbonyl (C=O) groups is 1. The Bertz CT molecular complexity index is 513. The zero-order valence-electron chi connectivity index (χ0n) is 12.3. The minimum Gasteiger partial charge on any atom is -0.377 e. The summed E-state index contributed by atoms with van der Waals surface area (Å²) in [6.45, 7) is 7.21. The predicted octanol–water partition coefficient (Wildman–Crippen LogP) is 1.46. The number of amides is 1. The van der Waals surface area contributed by atoms with Gasteiger partial charge < -0.3 is 15.8 Å². The van der Waals surface area contributed by atoms with Gasteiger partial charge in [0.2, 0.25) is 0 Å². The molecule has 1 aromatic rings. The molecule has 0 aromatic heterocycles. The summed E-state index contributed by atoms with van der Waals surface area (Å²) in [5.41, 5.74) is 7.84. The van der Waals surface area contributed by atoms with Crippen LogP contribution < -0.4 is 11.1 Å². The van der Waals surface area contributed by atoms with Crippen LogP contribution in [-0.4, -0.2) is 31.7 Å². The van der Waals surface area contributed by atoms with Gasteiger partial charge in [-0.15, -0.1) is 0 Å². The second-order valence-corrected chi connectivity index (χ2v) is 4.71. The van der Waals surface area contributed by atoms with E-state index in [0.717, 1.165) is 11.1 Å². The van der Waals surface area contributed by atoms with Crippen LogP contribution in [0.15, 0.2) is 18.2 Å². The van der Waals surface area contributed by atoms with Crippen LogP contribution in [0, 0.1) is 18.8 Å². The summed E-state index contributed by atoms with van der Waals surface area (Å²) in [6.07, 6.45) is 0.176. The minimum atomic E-state index is -0.0983. The summed E-state index contributed by atoms with van der Waals surface area (Å²) in [5, 5.41) is 2.82. The largest absolute Gasteiger partial charge is 0.377 e. The summed E-state index contributed by atoms with van der Waals surface area (Å²) < 4.78 is 5.37. The topological polar surface area (TPSA) is 64.3 Å². The Hall–Kier alpha value is -1.83. The van der Waals surface area contributed by atoms with Crippen molar-refractivity contribution >= 4 is 5.91 Å². The zero-order valence-corrected chi connectivity index (χ0v) is 12.3. The van der Waals surface area contributed by atoms with Crippen molar-refractivity contribution in [2.24, 2.45) is 5.73 Å². The smallest absolute Gasteiger partial charge is 0.251 e. The lowest BCUT2D eigenvalue weighted by atomic mass is 10.0. The van der Waals surface area contributed by atoms with Gasteiger partial charge in [-0.25, -0.2) is 0 Å². The molecule has 4 heteroatoms. The molecule has 0 fully saturated rings. The fourth-order valence-electron chi connectivity index (χ4n) is 1.65. The maximum atomic E-state index is 11.9. The van der Waals surface area contributed by atoms with Gasteiger partial charge >= 0.3 is 0 Å². The molecular weight excluding hydrogens is 252 g/mol. The van der Waals surface area contributed by atoms with Crippen LogP contribution in [0.1, 0.15) is 35.3 Å². The van der Waals surface area contributed by atoms with E-state index in [9.17, 15) is 4.79 Å². The van der Waals surface area contributed by atoms with Gasteiger partial charge in [0.25, 0.3) is 5.91 Å². The minimum absolute atomic E-state index is 0.0983. The van der Waals surface area contributed by atoms with E-state index >= 15 is 0 Å².